The van der Waals surface area contributed by atoms with E-state index in [4.69, 9.17) is 4.74 Å². The minimum Gasteiger partial charge on any atom is -0.460 e. The summed E-state index contributed by atoms with van der Waals surface area (Å²) in [5, 5.41) is 3.04. The zero-order valence-corrected chi connectivity index (χ0v) is 14.8. The number of amides is 2. The molecule has 0 saturated carbocycles. The number of hydrogen-bond donors (Lipinski definition) is 1. The van der Waals surface area contributed by atoms with Crippen molar-refractivity contribution in [1.82, 2.24) is 20.2 Å². The van der Waals surface area contributed by atoms with E-state index in [9.17, 15) is 9.18 Å². The maximum Gasteiger partial charge on any atom is 0.317 e. The molecule has 7 heteroatoms. The van der Waals surface area contributed by atoms with Crippen LogP contribution in [0.4, 0.5) is 9.18 Å². The van der Waals surface area contributed by atoms with Crippen LogP contribution in [0.25, 0.3) is 0 Å². The zero-order chi connectivity index (χ0) is 18.4. The first-order valence-corrected chi connectivity index (χ1v) is 8.90. The van der Waals surface area contributed by atoms with Gasteiger partial charge in [0.1, 0.15) is 11.9 Å². The molecular weight excluding hydrogens is 335 g/mol. The largest absolute Gasteiger partial charge is 0.460 e. The lowest BCUT2D eigenvalue weighted by Crippen LogP contribution is -2.47. The molecule has 1 aliphatic heterocycles. The van der Waals surface area contributed by atoms with Gasteiger partial charge in [0, 0.05) is 38.3 Å². The molecule has 2 amide bonds. The summed E-state index contributed by atoms with van der Waals surface area (Å²) in [5.41, 5.74) is 0.904. The molecule has 26 heavy (non-hydrogen) atoms. The van der Waals surface area contributed by atoms with Gasteiger partial charge in [0.05, 0.1) is 6.04 Å². The fourth-order valence-corrected chi connectivity index (χ4v) is 3.03. The van der Waals surface area contributed by atoms with E-state index in [1.165, 1.54) is 12.1 Å². The Bertz CT molecular complexity index is 703. The topological polar surface area (TPSA) is 67.4 Å². The molecule has 2 heterocycles. The van der Waals surface area contributed by atoms with E-state index in [1.807, 2.05) is 6.92 Å². The number of carbonyl (C=O) groups excluding carboxylic acids is 1. The van der Waals surface area contributed by atoms with Crippen LogP contribution in [0, 0.1) is 5.82 Å². The first kappa shape index (κ1) is 18.1. The Hall–Kier alpha value is -2.70. The van der Waals surface area contributed by atoms with Crippen molar-refractivity contribution in [3.63, 3.8) is 0 Å². The molecule has 0 bridgehead atoms. The molecule has 0 aliphatic carbocycles. The van der Waals surface area contributed by atoms with Gasteiger partial charge in [0.15, 0.2) is 0 Å². The molecule has 1 fully saturated rings. The number of urea groups is 1. The second-order valence-corrected chi connectivity index (χ2v) is 6.30. The summed E-state index contributed by atoms with van der Waals surface area (Å²) >= 11 is 0. The standard InChI is InChI=1S/C19H23FN4O2/c1-2-17(14-4-6-15(20)7-5-14)23-19(25)24-12-8-16(9-13-24)26-18-21-10-3-11-22-18/h3-7,10-11,16-17H,2,8-9,12-13H2,1H3,(H,23,25)/t17-/m0/s1. The van der Waals surface area contributed by atoms with Crippen LogP contribution in [-0.2, 0) is 0 Å². The third kappa shape index (κ3) is 4.68. The van der Waals surface area contributed by atoms with Crippen LogP contribution in [0.15, 0.2) is 42.7 Å². The average molecular weight is 358 g/mol. The van der Waals surface area contributed by atoms with Gasteiger partial charge in [-0.15, -0.1) is 0 Å². The van der Waals surface area contributed by atoms with Crippen LogP contribution >= 0.6 is 0 Å². The molecule has 1 aliphatic rings. The number of aromatic nitrogens is 2. The van der Waals surface area contributed by atoms with Crippen molar-refractivity contribution >= 4 is 6.03 Å². The fourth-order valence-electron chi connectivity index (χ4n) is 3.03. The second kappa shape index (κ2) is 8.60. The van der Waals surface area contributed by atoms with E-state index >= 15 is 0 Å². The third-order valence-corrected chi connectivity index (χ3v) is 4.52. The number of likely N-dealkylation sites (tertiary alicyclic amines) is 1. The molecule has 0 unspecified atom stereocenters. The van der Waals surface area contributed by atoms with E-state index in [-0.39, 0.29) is 24.0 Å². The number of ether oxygens (including phenoxy) is 1. The van der Waals surface area contributed by atoms with Crippen LogP contribution in [0.1, 0.15) is 37.8 Å². The lowest BCUT2D eigenvalue weighted by Gasteiger charge is -2.33. The van der Waals surface area contributed by atoms with Crippen molar-refractivity contribution in [1.29, 1.82) is 0 Å². The van der Waals surface area contributed by atoms with Crippen LogP contribution in [0.5, 0.6) is 6.01 Å². The predicted octanol–water partition coefficient (Wildman–Crippen LogP) is 3.32. The normalized spacial score (nSPS) is 16.2. The summed E-state index contributed by atoms with van der Waals surface area (Å²) in [4.78, 5) is 22.5. The summed E-state index contributed by atoms with van der Waals surface area (Å²) in [5.74, 6) is -0.278. The highest BCUT2D eigenvalue weighted by Crippen LogP contribution is 2.19. The predicted molar refractivity (Wildman–Crippen MR) is 95.2 cm³/mol. The molecule has 1 atom stereocenters. The van der Waals surface area contributed by atoms with Gasteiger partial charge < -0.3 is 15.0 Å². The minimum atomic E-state index is -0.278. The highest BCUT2D eigenvalue weighted by Gasteiger charge is 2.25. The Morgan fingerprint density at radius 3 is 2.54 bits per heavy atom. The molecular formula is C19H23FN4O2. The molecule has 3 rings (SSSR count). The quantitative estimate of drug-likeness (QED) is 0.890. The van der Waals surface area contributed by atoms with Crippen molar-refractivity contribution in [2.24, 2.45) is 0 Å². The van der Waals surface area contributed by atoms with Crippen molar-refractivity contribution in [3.05, 3.63) is 54.1 Å². The number of piperidine rings is 1. The second-order valence-electron chi connectivity index (χ2n) is 6.30. The van der Waals surface area contributed by atoms with Crippen LogP contribution in [0.2, 0.25) is 0 Å². The number of nitrogens with zero attached hydrogens (tertiary/aromatic N) is 3. The maximum absolute atomic E-state index is 13.1. The summed E-state index contributed by atoms with van der Waals surface area (Å²) in [7, 11) is 0. The van der Waals surface area contributed by atoms with E-state index in [0.717, 1.165) is 24.8 Å². The Balaban J connectivity index is 1.50. The third-order valence-electron chi connectivity index (χ3n) is 4.52. The molecule has 0 spiro atoms. The Morgan fingerprint density at radius 2 is 1.92 bits per heavy atom. The van der Waals surface area contributed by atoms with Gasteiger partial charge >= 0.3 is 12.0 Å². The lowest BCUT2D eigenvalue weighted by molar-refractivity contribution is 0.102. The van der Waals surface area contributed by atoms with Gasteiger partial charge in [-0.05, 0) is 30.2 Å². The maximum atomic E-state index is 13.1. The molecule has 0 radical (unpaired) electrons. The zero-order valence-electron chi connectivity index (χ0n) is 14.8. The monoisotopic (exact) mass is 358 g/mol. The highest BCUT2D eigenvalue weighted by molar-refractivity contribution is 5.74. The Kier molecular flexibility index (Phi) is 5.99. The van der Waals surface area contributed by atoms with Gasteiger partial charge in [-0.3, -0.25) is 0 Å². The minimum absolute atomic E-state index is 0.0144. The molecule has 1 saturated heterocycles. The van der Waals surface area contributed by atoms with Gasteiger partial charge in [-0.1, -0.05) is 19.1 Å². The number of hydrogen-bond acceptors (Lipinski definition) is 4. The number of nitrogens with one attached hydrogen (secondary N) is 1. The van der Waals surface area contributed by atoms with Crippen LogP contribution in [-0.4, -0.2) is 40.1 Å². The van der Waals surface area contributed by atoms with Crippen molar-refractivity contribution < 1.29 is 13.9 Å². The molecule has 1 aromatic carbocycles. The van der Waals surface area contributed by atoms with E-state index in [0.29, 0.717) is 19.1 Å². The van der Waals surface area contributed by atoms with Crippen LogP contribution in [0.3, 0.4) is 0 Å². The van der Waals surface area contributed by atoms with E-state index in [2.05, 4.69) is 15.3 Å². The first-order valence-electron chi connectivity index (χ1n) is 8.90. The Morgan fingerprint density at radius 1 is 1.27 bits per heavy atom. The highest BCUT2D eigenvalue weighted by atomic mass is 19.1. The molecule has 2 aromatic rings. The SMILES string of the molecule is CC[C@H](NC(=O)N1CCC(Oc2ncccn2)CC1)c1ccc(F)cc1. The van der Waals surface area contributed by atoms with Gasteiger partial charge in [0.2, 0.25) is 0 Å². The fraction of sp³-hybridized carbons (Fsp3) is 0.421. The molecule has 6 nitrogen and oxygen atoms in total. The number of rotatable bonds is 5. The van der Waals surface area contributed by atoms with Crippen molar-refractivity contribution in [3.8, 4) is 6.01 Å². The van der Waals surface area contributed by atoms with Gasteiger partial charge in [-0.25, -0.2) is 19.2 Å². The molecule has 138 valence electrons. The first-order chi connectivity index (χ1) is 12.7. The average Bonchev–Trinajstić information content (AvgIpc) is 2.68. The summed E-state index contributed by atoms with van der Waals surface area (Å²) in [6.45, 7) is 3.22. The van der Waals surface area contributed by atoms with Crippen molar-refractivity contribution in [2.45, 2.75) is 38.3 Å². The van der Waals surface area contributed by atoms with E-state index in [1.54, 1.807) is 35.5 Å². The Labute approximate surface area is 152 Å². The number of carbonyl (C=O) groups is 1. The van der Waals surface area contributed by atoms with E-state index < -0.39 is 0 Å². The smallest absolute Gasteiger partial charge is 0.317 e. The lowest BCUT2D eigenvalue weighted by atomic mass is 10.0. The summed E-state index contributed by atoms with van der Waals surface area (Å²) < 4.78 is 18.8. The summed E-state index contributed by atoms with van der Waals surface area (Å²) in [6.07, 6.45) is 5.51. The van der Waals surface area contributed by atoms with Crippen molar-refractivity contribution in [2.75, 3.05) is 13.1 Å². The van der Waals surface area contributed by atoms with Gasteiger partial charge in [0.25, 0.3) is 0 Å². The van der Waals surface area contributed by atoms with Crippen LogP contribution < -0.4 is 10.1 Å². The van der Waals surface area contributed by atoms with Gasteiger partial charge in [-0.2, -0.15) is 0 Å². The number of halogens is 1. The molecule has 1 N–H and O–H groups in total. The number of benzene rings is 1. The molecule has 1 aromatic heterocycles. The summed E-state index contributed by atoms with van der Waals surface area (Å²) in [6, 6.07) is 8.14.